The minimum atomic E-state index is -0.575. The van der Waals surface area contributed by atoms with Crippen LogP contribution in [0, 0.1) is 0 Å². The third kappa shape index (κ3) is 4.27. The largest absolute Gasteiger partial charge is 0.506 e. The van der Waals surface area contributed by atoms with Gasteiger partial charge < -0.3 is 14.8 Å². The lowest BCUT2D eigenvalue weighted by atomic mass is 9.81. The lowest BCUT2D eigenvalue weighted by Gasteiger charge is -2.25. The molecule has 0 radical (unpaired) electrons. The second-order valence-corrected chi connectivity index (χ2v) is 10.6. The van der Waals surface area contributed by atoms with Crippen molar-refractivity contribution in [3.63, 3.8) is 0 Å². The van der Waals surface area contributed by atoms with Gasteiger partial charge in [-0.1, -0.05) is 95.3 Å². The number of rotatable bonds is 6. The van der Waals surface area contributed by atoms with Crippen LogP contribution in [0.5, 0.6) is 11.5 Å². The molecule has 2 N–H and O–H groups in total. The van der Waals surface area contributed by atoms with E-state index in [9.17, 15) is 9.90 Å². The SMILES string of the molecule is CCC(C)(C)c1[nH]c2ccccc2c1-c1c(O)c(C(=O)Oc2ccccc2C(C)C)cc2ccccc12. The first-order valence-corrected chi connectivity index (χ1v) is 12.9. The van der Waals surface area contributed by atoms with E-state index in [2.05, 4.69) is 45.7 Å². The highest BCUT2D eigenvalue weighted by Crippen LogP contribution is 2.47. The number of nitrogens with one attached hydrogen (secondary N) is 1. The molecule has 0 saturated heterocycles. The van der Waals surface area contributed by atoms with Gasteiger partial charge in [0.25, 0.3) is 0 Å². The number of carbonyl (C=O) groups is 1. The first-order valence-electron chi connectivity index (χ1n) is 12.9. The predicted molar refractivity (Wildman–Crippen MR) is 152 cm³/mol. The lowest BCUT2D eigenvalue weighted by molar-refractivity contribution is 0.0730. The summed E-state index contributed by atoms with van der Waals surface area (Å²) in [4.78, 5) is 17.2. The van der Waals surface area contributed by atoms with Crippen molar-refractivity contribution < 1.29 is 14.6 Å². The van der Waals surface area contributed by atoms with Gasteiger partial charge in [0, 0.05) is 33.1 Å². The van der Waals surface area contributed by atoms with Gasteiger partial charge in [-0.25, -0.2) is 4.79 Å². The molecule has 0 aliphatic heterocycles. The topological polar surface area (TPSA) is 62.3 Å². The van der Waals surface area contributed by atoms with Crippen LogP contribution in [0.2, 0.25) is 0 Å². The number of aromatic amines is 1. The molecule has 0 fully saturated rings. The van der Waals surface area contributed by atoms with Crippen molar-refractivity contribution in [2.24, 2.45) is 0 Å². The van der Waals surface area contributed by atoms with Crippen LogP contribution < -0.4 is 4.74 Å². The van der Waals surface area contributed by atoms with Crippen molar-refractivity contribution in [2.45, 2.75) is 52.4 Å². The minimum Gasteiger partial charge on any atom is -0.506 e. The summed E-state index contributed by atoms with van der Waals surface area (Å²) in [6.45, 7) is 10.7. The first-order chi connectivity index (χ1) is 17.7. The molecule has 1 aromatic heterocycles. The summed E-state index contributed by atoms with van der Waals surface area (Å²) in [5, 5.41) is 14.6. The van der Waals surface area contributed by atoms with Crippen LogP contribution in [0.4, 0.5) is 0 Å². The van der Waals surface area contributed by atoms with Gasteiger partial charge >= 0.3 is 5.97 Å². The monoisotopic (exact) mass is 491 g/mol. The Morgan fingerprint density at radius 1 is 0.919 bits per heavy atom. The fourth-order valence-corrected chi connectivity index (χ4v) is 5.04. The van der Waals surface area contributed by atoms with E-state index in [1.165, 1.54) is 0 Å². The summed E-state index contributed by atoms with van der Waals surface area (Å²) in [5.41, 5.74) is 4.51. The Hall–Kier alpha value is -4.05. The number of esters is 1. The van der Waals surface area contributed by atoms with Crippen LogP contribution in [-0.4, -0.2) is 16.1 Å². The van der Waals surface area contributed by atoms with Crippen molar-refractivity contribution in [1.82, 2.24) is 4.98 Å². The number of aromatic hydroxyl groups is 1. The van der Waals surface area contributed by atoms with Gasteiger partial charge in [0.05, 0.1) is 0 Å². The van der Waals surface area contributed by atoms with Gasteiger partial charge in [-0.15, -0.1) is 0 Å². The van der Waals surface area contributed by atoms with Crippen LogP contribution in [0.3, 0.4) is 0 Å². The molecule has 4 nitrogen and oxygen atoms in total. The maximum atomic E-state index is 13.6. The van der Waals surface area contributed by atoms with Gasteiger partial charge in [0.1, 0.15) is 17.1 Å². The molecule has 5 aromatic rings. The zero-order chi connectivity index (χ0) is 26.3. The molecule has 5 rings (SSSR count). The van der Waals surface area contributed by atoms with Crippen molar-refractivity contribution >= 4 is 27.6 Å². The maximum Gasteiger partial charge on any atom is 0.347 e. The van der Waals surface area contributed by atoms with E-state index in [1.54, 1.807) is 12.1 Å². The molecule has 188 valence electrons. The van der Waals surface area contributed by atoms with Crippen LogP contribution in [-0.2, 0) is 5.41 Å². The number of ether oxygens (including phenoxy) is 1. The molecule has 4 aromatic carbocycles. The zero-order valence-electron chi connectivity index (χ0n) is 22.1. The predicted octanol–water partition coefficient (Wildman–Crippen LogP) is 8.72. The molecule has 0 atom stereocenters. The fraction of sp³-hybridized carbons (Fsp3) is 0.242. The number of hydrogen-bond acceptors (Lipinski definition) is 3. The van der Waals surface area contributed by atoms with Gasteiger partial charge in [-0.05, 0) is 46.9 Å². The quantitative estimate of drug-likeness (QED) is 0.184. The smallest absolute Gasteiger partial charge is 0.347 e. The van der Waals surface area contributed by atoms with Crippen molar-refractivity contribution in [2.75, 3.05) is 0 Å². The number of benzene rings is 4. The van der Waals surface area contributed by atoms with Crippen LogP contribution in [0.15, 0.2) is 78.9 Å². The fourth-order valence-electron chi connectivity index (χ4n) is 5.04. The summed E-state index contributed by atoms with van der Waals surface area (Å²) in [5.74, 6) is 0.0590. The normalized spacial score (nSPS) is 11.9. The second kappa shape index (κ2) is 9.44. The van der Waals surface area contributed by atoms with E-state index >= 15 is 0 Å². The van der Waals surface area contributed by atoms with Crippen molar-refractivity contribution in [3.8, 4) is 22.6 Å². The van der Waals surface area contributed by atoms with E-state index in [4.69, 9.17) is 4.74 Å². The van der Waals surface area contributed by atoms with E-state index in [1.807, 2.05) is 60.7 Å². The molecule has 4 heteroatoms. The summed E-state index contributed by atoms with van der Waals surface area (Å²) >= 11 is 0. The van der Waals surface area contributed by atoms with E-state index in [0.29, 0.717) is 11.3 Å². The molecule has 37 heavy (non-hydrogen) atoms. The molecule has 0 unspecified atom stereocenters. The molecule has 0 amide bonds. The number of hydrogen-bond donors (Lipinski definition) is 2. The van der Waals surface area contributed by atoms with Crippen LogP contribution in [0.1, 0.15) is 68.6 Å². The van der Waals surface area contributed by atoms with Crippen LogP contribution >= 0.6 is 0 Å². The summed E-state index contributed by atoms with van der Waals surface area (Å²) in [6, 6.07) is 25.3. The number of carbonyl (C=O) groups excluding carboxylic acids is 1. The van der Waals surface area contributed by atoms with Crippen molar-refractivity contribution in [3.05, 3.63) is 95.7 Å². The highest BCUT2D eigenvalue weighted by Gasteiger charge is 2.30. The molecule has 0 aliphatic carbocycles. The third-order valence-corrected chi connectivity index (χ3v) is 7.50. The van der Waals surface area contributed by atoms with E-state index < -0.39 is 5.97 Å². The molecule has 1 heterocycles. The number of aromatic nitrogens is 1. The first kappa shape index (κ1) is 24.6. The van der Waals surface area contributed by atoms with Gasteiger partial charge in [0.15, 0.2) is 0 Å². The molecule has 0 spiro atoms. The highest BCUT2D eigenvalue weighted by atomic mass is 16.5. The Kier molecular flexibility index (Phi) is 6.28. The Morgan fingerprint density at radius 2 is 1.57 bits per heavy atom. The number of fused-ring (bicyclic) bond motifs is 2. The summed E-state index contributed by atoms with van der Waals surface area (Å²) in [7, 11) is 0. The number of phenols is 1. The molecular formula is C33H33NO3. The van der Waals surface area contributed by atoms with Gasteiger partial charge in [-0.3, -0.25) is 0 Å². The van der Waals surface area contributed by atoms with E-state index in [0.717, 1.165) is 44.9 Å². The van der Waals surface area contributed by atoms with Crippen LogP contribution in [0.25, 0.3) is 32.8 Å². The van der Waals surface area contributed by atoms with Crippen molar-refractivity contribution in [1.29, 1.82) is 0 Å². The Labute approximate surface area is 217 Å². The Morgan fingerprint density at radius 3 is 2.30 bits per heavy atom. The number of para-hydroxylation sites is 2. The number of H-pyrrole nitrogens is 1. The molecule has 0 saturated carbocycles. The maximum absolute atomic E-state index is 13.6. The Balaban J connectivity index is 1.78. The van der Waals surface area contributed by atoms with Gasteiger partial charge in [-0.2, -0.15) is 0 Å². The van der Waals surface area contributed by atoms with E-state index in [-0.39, 0.29) is 22.6 Å². The standard InChI is InChI=1S/C33H33NO3/c1-6-33(4,5)31-29(24-16-9-11-17-26(24)34-31)28-23-15-8-7-13-21(23)19-25(30(28)35)32(36)37-27-18-12-10-14-22(27)20(2)3/h7-20,34-35H,6H2,1-5H3. The molecule has 0 bridgehead atoms. The molecular weight excluding hydrogens is 458 g/mol. The minimum absolute atomic E-state index is 0.0661. The molecule has 0 aliphatic rings. The third-order valence-electron chi connectivity index (χ3n) is 7.50. The second-order valence-electron chi connectivity index (χ2n) is 10.6. The number of phenolic OH excluding ortho intramolecular Hbond substituents is 1. The van der Waals surface area contributed by atoms with Gasteiger partial charge in [0.2, 0.25) is 0 Å². The zero-order valence-corrected chi connectivity index (χ0v) is 22.1. The average molecular weight is 492 g/mol. The Bertz CT molecular complexity index is 1620. The highest BCUT2D eigenvalue weighted by molar-refractivity contribution is 6.12. The average Bonchev–Trinajstić information content (AvgIpc) is 3.28. The summed E-state index contributed by atoms with van der Waals surface area (Å²) in [6.07, 6.45) is 0.902. The summed E-state index contributed by atoms with van der Waals surface area (Å²) < 4.78 is 5.89. The lowest BCUT2D eigenvalue weighted by Crippen LogP contribution is -2.17.